The third-order valence-corrected chi connectivity index (χ3v) is 1.84. The third-order valence-electron chi connectivity index (χ3n) is 1.84. The lowest BCUT2D eigenvalue weighted by atomic mass is 10.2. The fraction of sp³-hybridized carbons (Fsp3) is 0. The summed E-state index contributed by atoms with van der Waals surface area (Å²) in [5, 5.41) is 11.3. The minimum atomic E-state index is 0.297. The Balaban J connectivity index is 2.11. The molecule has 0 bridgehead atoms. The summed E-state index contributed by atoms with van der Waals surface area (Å²) < 4.78 is 5.38. The van der Waals surface area contributed by atoms with Gasteiger partial charge in [0.1, 0.15) is 5.75 Å². The quantitative estimate of drug-likeness (QED) is 0.483. The van der Waals surface area contributed by atoms with Crippen molar-refractivity contribution in [3.05, 3.63) is 48.3 Å². The van der Waals surface area contributed by atoms with Crippen molar-refractivity contribution in [3.8, 4) is 11.8 Å². The van der Waals surface area contributed by atoms with Gasteiger partial charge in [0, 0.05) is 12.4 Å². The first-order valence-corrected chi connectivity index (χ1v) is 4.61. The summed E-state index contributed by atoms with van der Waals surface area (Å²) >= 11 is 0. The van der Waals surface area contributed by atoms with Gasteiger partial charge >= 0.3 is 6.01 Å². The van der Waals surface area contributed by atoms with Gasteiger partial charge in [-0.2, -0.15) is 0 Å². The Morgan fingerprint density at radius 1 is 1.12 bits per heavy atom. The average molecular weight is 215 g/mol. The summed E-state index contributed by atoms with van der Waals surface area (Å²) in [5.74, 6) is 0.626. The smallest absolute Gasteiger partial charge is 0.321 e. The fourth-order valence-electron chi connectivity index (χ4n) is 1.13. The molecule has 80 valence electrons. The van der Waals surface area contributed by atoms with E-state index >= 15 is 0 Å². The van der Waals surface area contributed by atoms with Gasteiger partial charge in [0.05, 0.1) is 6.21 Å². The van der Waals surface area contributed by atoms with Gasteiger partial charge in [-0.25, -0.2) is 9.97 Å². The molecule has 0 saturated carbocycles. The number of benzene rings is 1. The lowest BCUT2D eigenvalue weighted by Gasteiger charge is -2.02. The van der Waals surface area contributed by atoms with Crippen LogP contribution in [0.5, 0.6) is 11.8 Å². The lowest BCUT2D eigenvalue weighted by molar-refractivity contribution is 0.322. The van der Waals surface area contributed by atoms with Crippen molar-refractivity contribution in [2.24, 2.45) is 5.16 Å². The average Bonchev–Trinajstić information content (AvgIpc) is 2.33. The molecular formula is C11H9N3O2. The Bertz CT molecular complexity index is 468. The zero-order valence-electron chi connectivity index (χ0n) is 8.32. The van der Waals surface area contributed by atoms with Crippen LogP contribution in [0.4, 0.5) is 0 Å². The largest absolute Gasteiger partial charge is 0.424 e. The van der Waals surface area contributed by atoms with Gasteiger partial charge in [-0.05, 0) is 35.9 Å². The van der Waals surface area contributed by atoms with E-state index in [0.717, 1.165) is 5.56 Å². The standard InChI is InChI=1S/C11H9N3O2/c15-14-8-9-2-4-10(5-3-9)16-11-12-6-1-7-13-11/h1-8,15H. The maximum absolute atomic E-state index is 8.34. The molecule has 1 N–H and O–H groups in total. The predicted octanol–water partition coefficient (Wildman–Crippen LogP) is 2.08. The SMILES string of the molecule is ON=Cc1ccc(Oc2ncccn2)cc1. The van der Waals surface area contributed by atoms with Crippen LogP contribution in [-0.2, 0) is 0 Å². The van der Waals surface area contributed by atoms with Gasteiger partial charge in [0.25, 0.3) is 0 Å². The van der Waals surface area contributed by atoms with Crippen LogP contribution in [0.1, 0.15) is 5.56 Å². The summed E-state index contributed by atoms with van der Waals surface area (Å²) in [7, 11) is 0. The second-order valence-electron chi connectivity index (χ2n) is 2.95. The molecule has 0 spiro atoms. The van der Waals surface area contributed by atoms with Crippen LogP contribution < -0.4 is 4.74 Å². The van der Waals surface area contributed by atoms with Crippen LogP contribution in [-0.4, -0.2) is 21.4 Å². The molecule has 0 atom stereocenters. The molecule has 0 radical (unpaired) electrons. The van der Waals surface area contributed by atoms with Gasteiger partial charge < -0.3 is 9.94 Å². The Hall–Kier alpha value is -2.43. The number of rotatable bonds is 3. The van der Waals surface area contributed by atoms with Crippen molar-refractivity contribution in [3.63, 3.8) is 0 Å². The van der Waals surface area contributed by atoms with E-state index in [1.807, 2.05) is 0 Å². The van der Waals surface area contributed by atoms with Crippen LogP contribution >= 0.6 is 0 Å². The molecule has 1 aromatic carbocycles. The highest BCUT2D eigenvalue weighted by atomic mass is 16.5. The summed E-state index contributed by atoms with van der Waals surface area (Å²) in [6, 6.07) is 9.02. The normalized spacial score (nSPS) is 10.5. The van der Waals surface area contributed by atoms with Crippen molar-refractivity contribution in [2.45, 2.75) is 0 Å². The second kappa shape index (κ2) is 4.88. The first-order chi connectivity index (χ1) is 7.88. The molecule has 1 heterocycles. The van der Waals surface area contributed by atoms with E-state index < -0.39 is 0 Å². The van der Waals surface area contributed by atoms with E-state index in [1.165, 1.54) is 6.21 Å². The zero-order chi connectivity index (χ0) is 11.2. The Labute approximate surface area is 92.0 Å². The molecule has 5 heteroatoms. The monoisotopic (exact) mass is 215 g/mol. The van der Waals surface area contributed by atoms with Crippen LogP contribution in [0, 0.1) is 0 Å². The van der Waals surface area contributed by atoms with Crippen molar-refractivity contribution in [2.75, 3.05) is 0 Å². The van der Waals surface area contributed by atoms with E-state index in [9.17, 15) is 0 Å². The van der Waals surface area contributed by atoms with Crippen molar-refractivity contribution >= 4 is 6.21 Å². The minimum Gasteiger partial charge on any atom is -0.424 e. The number of hydrogen-bond acceptors (Lipinski definition) is 5. The highest BCUT2D eigenvalue weighted by molar-refractivity contribution is 5.79. The molecule has 0 unspecified atom stereocenters. The summed E-state index contributed by atoms with van der Waals surface area (Å²) in [4.78, 5) is 7.87. The number of hydrogen-bond donors (Lipinski definition) is 1. The van der Waals surface area contributed by atoms with E-state index in [1.54, 1.807) is 42.7 Å². The summed E-state index contributed by atoms with van der Waals surface area (Å²) in [6.07, 6.45) is 4.55. The van der Waals surface area contributed by atoms with Gasteiger partial charge in [-0.1, -0.05) is 5.16 Å². The molecule has 16 heavy (non-hydrogen) atoms. The minimum absolute atomic E-state index is 0.297. The molecule has 0 amide bonds. The molecule has 5 nitrogen and oxygen atoms in total. The highest BCUT2D eigenvalue weighted by Crippen LogP contribution is 2.16. The van der Waals surface area contributed by atoms with E-state index in [-0.39, 0.29) is 0 Å². The van der Waals surface area contributed by atoms with E-state index in [4.69, 9.17) is 9.94 Å². The lowest BCUT2D eigenvalue weighted by Crippen LogP contribution is -1.90. The van der Waals surface area contributed by atoms with Crippen molar-refractivity contribution < 1.29 is 9.94 Å². The van der Waals surface area contributed by atoms with Gasteiger partial charge in [-0.15, -0.1) is 0 Å². The maximum Gasteiger partial charge on any atom is 0.321 e. The molecule has 0 fully saturated rings. The molecule has 2 rings (SSSR count). The molecule has 0 aliphatic rings. The van der Waals surface area contributed by atoms with Crippen LogP contribution in [0.25, 0.3) is 0 Å². The second-order valence-corrected chi connectivity index (χ2v) is 2.95. The van der Waals surface area contributed by atoms with E-state index in [0.29, 0.717) is 11.8 Å². The number of ether oxygens (including phenoxy) is 1. The maximum atomic E-state index is 8.34. The number of aromatic nitrogens is 2. The topological polar surface area (TPSA) is 67.6 Å². The number of nitrogens with zero attached hydrogens (tertiary/aromatic N) is 3. The predicted molar refractivity (Wildman–Crippen MR) is 57.9 cm³/mol. The molecule has 1 aromatic heterocycles. The van der Waals surface area contributed by atoms with Crippen molar-refractivity contribution in [1.29, 1.82) is 0 Å². The van der Waals surface area contributed by atoms with E-state index in [2.05, 4.69) is 15.1 Å². The van der Waals surface area contributed by atoms with Crippen LogP contribution in [0.15, 0.2) is 47.9 Å². The molecule has 2 aromatic rings. The molecule has 0 saturated heterocycles. The summed E-state index contributed by atoms with van der Waals surface area (Å²) in [6.45, 7) is 0. The van der Waals surface area contributed by atoms with Gasteiger partial charge in [0.15, 0.2) is 0 Å². The molecule has 0 aliphatic carbocycles. The van der Waals surface area contributed by atoms with Crippen LogP contribution in [0.3, 0.4) is 0 Å². The molecular weight excluding hydrogens is 206 g/mol. The Kier molecular flexibility index (Phi) is 3.08. The Morgan fingerprint density at radius 2 is 1.81 bits per heavy atom. The van der Waals surface area contributed by atoms with Crippen molar-refractivity contribution in [1.82, 2.24) is 9.97 Å². The Morgan fingerprint density at radius 3 is 2.44 bits per heavy atom. The highest BCUT2D eigenvalue weighted by Gasteiger charge is 1.98. The first-order valence-electron chi connectivity index (χ1n) is 4.61. The van der Waals surface area contributed by atoms with Crippen LogP contribution in [0.2, 0.25) is 0 Å². The van der Waals surface area contributed by atoms with Gasteiger partial charge in [0.2, 0.25) is 0 Å². The third kappa shape index (κ3) is 2.54. The van der Waals surface area contributed by atoms with Gasteiger partial charge in [-0.3, -0.25) is 0 Å². The summed E-state index contributed by atoms with van der Waals surface area (Å²) in [5.41, 5.74) is 0.781. The molecule has 0 aliphatic heterocycles. The zero-order valence-corrected chi connectivity index (χ0v) is 8.32. The fourth-order valence-corrected chi connectivity index (χ4v) is 1.13. The number of oxime groups is 1. The first kappa shape index (κ1) is 10.1.